The van der Waals surface area contributed by atoms with E-state index in [1.165, 1.54) is 0 Å². The average molecular weight is 442 g/mol. The van der Waals surface area contributed by atoms with Crippen LogP contribution in [0, 0.1) is 32.1 Å². The zero-order chi connectivity index (χ0) is 22.6. The fraction of sp³-hybridized carbons (Fsp3) is 0.160. The van der Waals surface area contributed by atoms with Crippen LogP contribution in [0.5, 0.6) is 5.88 Å². The van der Waals surface area contributed by atoms with Crippen LogP contribution in [0.25, 0.3) is 16.6 Å². The van der Waals surface area contributed by atoms with Crippen LogP contribution in [-0.4, -0.2) is 14.8 Å². The molecule has 0 fully saturated rings. The molecule has 0 spiro atoms. The fourth-order valence-electron chi connectivity index (χ4n) is 4.42. The van der Waals surface area contributed by atoms with Crippen molar-refractivity contribution in [1.29, 1.82) is 5.26 Å². The van der Waals surface area contributed by atoms with E-state index >= 15 is 0 Å². The van der Waals surface area contributed by atoms with Crippen LogP contribution in [0.1, 0.15) is 33.9 Å². The van der Waals surface area contributed by atoms with Crippen molar-refractivity contribution in [3.05, 3.63) is 93.1 Å². The van der Waals surface area contributed by atoms with Gasteiger partial charge >= 0.3 is 0 Å². The normalized spacial score (nSPS) is 15.4. The van der Waals surface area contributed by atoms with Gasteiger partial charge in [-0.1, -0.05) is 41.4 Å². The second-order valence-corrected chi connectivity index (χ2v) is 8.36. The number of benzene rings is 2. The molecule has 1 atom stereocenters. The van der Waals surface area contributed by atoms with Gasteiger partial charge in [-0.25, -0.2) is 9.67 Å². The van der Waals surface area contributed by atoms with Crippen molar-refractivity contribution in [2.24, 2.45) is 5.73 Å². The number of hydrogen-bond acceptors (Lipinski definition) is 5. The van der Waals surface area contributed by atoms with Crippen LogP contribution in [-0.2, 0) is 0 Å². The Labute approximate surface area is 190 Å². The van der Waals surface area contributed by atoms with Crippen molar-refractivity contribution in [2.75, 3.05) is 0 Å². The van der Waals surface area contributed by atoms with Gasteiger partial charge in [0.15, 0.2) is 0 Å². The Bertz CT molecular complexity index is 1460. The van der Waals surface area contributed by atoms with Crippen molar-refractivity contribution in [2.45, 2.75) is 26.7 Å². The third-order valence-electron chi connectivity index (χ3n) is 5.78. The fourth-order valence-corrected chi connectivity index (χ4v) is 4.67. The highest BCUT2D eigenvalue weighted by molar-refractivity contribution is 6.30. The highest BCUT2D eigenvalue weighted by Crippen LogP contribution is 2.46. The van der Waals surface area contributed by atoms with Crippen molar-refractivity contribution >= 4 is 22.5 Å². The van der Waals surface area contributed by atoms with E-state index in [4.69, 9.17) is 27.2 Å². The van der Waals surface area contributed by atoms with E-state index in [1.807, 2.05) is 57.2 Å². The number of aromatic nitrogens is 3. The molecule has 0 aliphatic carbocycles. The summed E-state index contributed by atoms with van der Waals surface area (Å²) in [4.78, 5) is 4.68. The third kappa shape index (κ3) is 3.02. The molecule has 5 rings (SSSR count). The molecule has 6 nitrogen and oxygen atoms in total. The molecule has 2 N–H and O–H groups in total. The number of hydrogen-bond donors (Lipinski definition) is 1. The van der Waals surface area contributed by atoms with Gasteiger partial charge in [-0.3, -0.25) is 0 Å². The smallest absolute Gasteiger partial charge is 0.229 e. The van der Waals surface area contributed by atoms with Crippen LogP contribution in [0.3, 0.4) is 0 Å². The topological polar surface area (TPSA) is 89.8 Å². The van der Waals surface area contributed by atoms with E-state index in [2.05, 4.69) is 23.2 Å². The molecular weight excluding hydrogens is 422 g/mol. The molecule has 0 bridgehead atoms. The number of nitrogens with zero attached hydrogens (tertiary/aromatic N) is 4. The van der Waals surface area contributed by atoms with E-state index < -0.39 is 5.92 Å². The summed E-state index contributed by atoms with van der Waals surface area (Å²) < 4.78 is 7.63. The lowest BCUT2D eigenvalue weighted by molar-refractivity contribution is 0.367. The minimum absolute atomic E-state index is 0.0404. The van der Waals surface area contributed by atoms with E-state index in [0.717, 1.165) is 39.0 Å². The zero-order valence-corrected chi connectivity index (χ0v) is 18.6. The standard InChI is InChI=1S/C25H20ClN5O/c1-13-9-14(2)22-16(10-13)11-18(23(26)29-22)21-19(12-27)24(28)32-25-20(21)15(3)30-31(25)17-7-5-4-6-8-17/h4-11,21H,28H2,1-3H3/t21-/m0/s1. The lowest BCUT2D eigenvalue weighted by Crippen LogP contribution is -2.22. The summed E-state index contributed by atoms with van der Waals surface area (Å²) in [5.74, 6) is -0.0168. The Morgan fingerprint density at radius 3 is 2.59 bits per heavy atom. The lowest BCUT2D eigenvalue weighted by atomic mass is 9.84. The van der Waals surface area contributed by atoms with Crippen LogP contribution < -0.4 is 10.5 Å². The Morgan fingerprint density at radius 2 is 1.88 bits per heavy atom. The maximum atomic E-state index is 9.97. The van der Waals surface area contributed by atoms with E-state index in [9.17, 15) is 5.26 Å². The van der Waals surface area contributed by atoms with Gasteiger partial charge in [0.05, 0.1) is 28.4 Å². The molecule has 158 valence electrons. The van der Waals surface area contributed by atoms with Gasteiger partial charge in [-0.05, 0) is 50.6 Å². The van der Waals surface area contributed by atoms with Gasteiger partial charge in [0, 0.05) is 10.9 Å². The lowest BCUT2D eigenvalue weighted by Gasteiger charge is -2.25. The maximum absolute atomic E-state index is 9.97. The first-order valence-corrected chi connectivity index (χ1v) is 10.6. The summed E-state index contributed by atoms with van der Waals surface area (Å²) in [6.07, 6.45) is 0. The zero-order valence-electron chi connectivity index (χ0n) is 17.8. The van der Waals surface area contributed by atoms with E-state index in [-0.39, 0.29) is 5.88 Å². The first kappa shape index (κ1) is 20.1. The molecule has 1 aliphatic heterocycles. The van der Waals surface area contributed by atoms with Crippen molar-refractivity contribution in [3.8, 4) is 17.6 Å². The second-order valence-electron chi connectivity index (χ2n) is 8.00. The molecule has 7 heteroatoms. The van der Waals surface area contributed by atoms with Crippen LogP contribution in [0.15, 0.2) is 60.0 Å². The molecule has 0 saturated heterocycles. The minimum atomic E-state index is -0.536. The Hall–Kier alpha value is -3.82. The average Bonchev–Trinajstić information content (AvgIpc) is 3.09. The molecule has 32 heavy (non-hydrogen) atoms. The van der Waals surface area contributed by atoms with Gasteiger partial charge in [0.1, 0.15) is 16.8 Å². The maximum Gasteiger partial charge on any atom is 0.229 e. The third-order valence-corrected chi connectivity index (χ3v) is 6.08. The predicted octanol–water partition coefficient (Wildman–Crippen LogP) is 5.22. The van der Waals surface area contributed by atoms with E-state index in [0.29, 0.717) is 22.2 Å². The number of aryl methyl sites for hydroxylation is 3. The summed E-state index contributed by atoms with van der Waals surface area (Å²) in [6.45, 7) is 5.94. The van der Waals surface area contributed by atoms with Crippen molar-refractivity contribution < 1.29 is 4.74 Å². The monoisotopic (exact) mass is 441 g/mol. The molecule has 1 aliphatic rings. The van der Waals surface area contributed by atoms with E-state index in [1.54, 1.807) is 4.68 Å². The number of fused-ring (bicyclic) bond motifs is 2. The van der Waals surface area contributed by atoms with Crippen molar-refractivity contribution in [3.63, 3.8) is 0 Å². The summed E-state index contributed by atoms with van der Waals surface area (Å²) >= 11 is 6.71. The number of nitrogens with two attached hydrogens (primary N) is 1. The number of para-hydroxylation sites is 1. The Kier molecular flexibility index (Phi) is 4.65. The van der Waals surface area contributed by atoms with Gasteiger partial charge in [0.25, 0.3) is 0 Å². The Morgan fingerprint density at radius 1 is 1.12 bits per heavy atom. The second kappa shape index (κ2) is 7.40. The number of rotatable bonds is 2. The quantitative estimate of drug-likeness (QED) is 0.431. The molecule has 3 heterocycles. The molecule has 0 saturated carbocycles. The highest BCUT2D eigenvalue weighted by Gasteiger charge is 2.37. The molecule has 2 aromatic carbocycles. The summed E-state index contributed by atoms with van der Waals surface area (Å²) in [6, 6.07) is 18.0. The summed E-state index contributed by atoms with van der Waals surface area (Å²) in [5.41, 5.74) is 12.5. The molecule has 2 aromatic heterocycles. The van der Waals surface area contributed by atoms with Gasteiger partial charge in [-0.2, -0.15) is 10.4 Å². The van der Waals surface area contributed by atoms with Crippen LogP contribution in [0.2, 0.25) is 5.15 Å². The van der Waals surface area contributed by atoms with Crippen LogP contribution in [0.4, 0.5) is 0 Å². The molecular formula is C25H20ClN5O. The summed E-state index contributed by atoms with van der Waals surface area (Å²) in [5, 5.41) is 16.0. The molecule has 0 radical (unpaired) electrons. The minimum Gasteiger partial charge on any atom is -0.422 e. The Balaban J connectivity index is 1.79. The predicted molar refractivity (Wildman–Crippen MR) is 124 cm³/mol. The largest absolute Gasteiger partial charge is 0.422 e. The number of halogens is 1. The highest BCUT2D eigenvalue weighted by atomic mass is 35.5. The van der Waals surface area contributed by atoms with Crippen LogP contribution >= 0.6 is 11.6 Å². The van der Waals surface area contributed by atoms with Gasteiger partial charge in [0.2, 0.25) is 11.8 Å². The summed E-state index contributed by atoms with van der Waals surface area (Å²) in [7, 11) is 0. The number of pyridine rings is 1. The number of ether oxygens (including phenoxy) is 1. The molecule has 0 unspecified atom stereocenters. The molecule has 0 amide bonds. The number of nitriles is 1. The first-order chi connectivity index (χ1) is 15.4. The van der Waals surface area contributed by atoms with Gasteiger partial charge in [-0.15, -0.1) is 0 Å². The first-order valence-electron chi connectivity index (χ1n) is 10.2. The molecule has 4 aromatic rings. The van der Waals surface area contributed by atoms with Gasteiger partial charge < -0.3 is 10.5 Å². The van der Waals surface area contributed by atoms with Crippen molar-refractivity contribution in [1.82, 2.24) is 14.8 Å². The number of allylic oxidation sites excluding steroid dienone is 1. The SMILES string of the molecule is Cc1cc(C)c2nc(Cl)c([C@H]3C(C#N)=C(N)Oc4c3c(C)nn4-c3ccccc3)cc2c1.